The van der Waals surface area contributed by atoms with Crippen molar-refractivity contribution in [3.8, 4) is 0 Å². The molecule has 1 aromatic heterocycles. The van der Waals surface area contributed by atoms with E-state index in [1.54, 1.807) is 0 Å². The van der Waals surface area contributed by atoms with E-state index in [1.165, 1.54) is 12.0 Å². The van der Waals surface area contributed by atoms with Crippen molar-refractivity contribution in [2.24, 2.45) is 0 Å². The number of aromatic amines is 1. The fraction of sp³-hybridized carbons (Fsp3) is 0.500. The SMILES string of the molecule is CCCNCCc1nc2ccc(CC)cc2[nH]1. The lowest BCUT2D eigenvalue weighted by atomic mass is 10.1. The lowest BCUT2D eigenvalue weighted by Gasteiger charge is -1.99. The normalized spacial score (nSPS) is 11.2. The maximum absolute atomic E-state index is 4.59. The van der Waals surface area contributed by atoms with Gasteiger partial charge in [0.25, 0.3) is 0 Å². The molecule has 0 aliphatic heterocycles. The Morgan fingerprint density at radius 1 is 1.24 bits per heavy atom. The number of fused-ring (bicyclic) bond motifs is 1. The van der Waals surface area contributed by atoms with Gasteiger partial charge in [-0.1, -0.05) is 19.9 Å². The Morgan fingerprint density at radius 3 is 2.88 bits per heavy atom. The van der Waals surface area contributed by atoms with Gasteiger partial charge < -0.3 is 10.3 Å². The van der Waals surface area contributed by atoms with Crippen LogP contribution in [0.15, 0.2) is 18.2 Å². The Labute approximate surface area is 103 Å². The predicted molar refractivity (Wildman–Crippen MR) is 72.3 cm³/mol. The first-order chi connectivity index (χ1) is 8.33. The van der Waals surface area contributed by atoms with E-state index < -0.39 is 0 Å². The highest BCUT2D eigenvalue weighted by Crippen LogP contribution is 2.14. The molecule has 2 aromatic rings. The molecule has 0 fully saturated rings. The maximum Gasteiger partial charge on any atom is 0.108 e. The summed E-state index contributed by atoms with van der Waals surface area (Å²) in [7, 11) is 0. The van der Waals surface area contributed by atoms with Crippen LogP contribution in [0.5, 0.6) is 0 Å². The van der Waals surface area contributed by atoms with E-state index in [-0.39, 0.29) is 0 Å². The summed E-state index contributed by atoms with van der Waals surface area (Å²) < 4.78 is 0. The van der Waals surface area contributed by atoms with Crippen molar-refractivity contribution in [3.05, 3.63) is 29.6 Å². The second-order valence-corrected chi connectivity index (χ2v) is 4.39. The molecule has 1 aromatic carbocycles. The second-order valence-electron chi connectivity index (χ2n) is 4.39. The van der Waals surface area contributed by atoms with Gasteiger partial charge in [0.05, 0.1) is 11.0 Å². The third-order valence-corrected chi connectivity index (χ3v) is 2.97. The molecule has 3 nitrogen and oxygen atoms in total. The minimum Gasteiger partial charge on any atom is -0.342 e. The number of aromatic nitrogens is 2. The first-order valence-electron chi connectivity index (χ1n) is 6.51. The van der Waals surface area contributed by atoms with Gasteiger partial charge in [-0.3, -0.25) is 0 Å². The van der Waals surface area contributed by atoms with Crippen molar-refractivity contribution in [2.45, 2.75) is 33.1 Å². The van der Waals surface area contributed by atoms with Crippen molar-refractivity contribution in [1.82, 2.24) is 15.3 Å². The summed E-state index contributed by atoms with van der Waals surface area (Å²) in [6.45, 7) is 6.43. The summed E-state index contributed by atoms with van der Waals surface area (Å²) in [5.74, 6) is 1.08. The smallest absolute Gasteiger partial charge is 0.108 e. The van der Waals surface area contributed by atoms with Crippen LogP contribution in [0.25, 0.3) is 11.0 Å². The molecule has 0 amide bonds. The van der Waals surface area contributed by atoms with Gasteiger partial charge in [0, 0.05) is 13.0 Å². The molecule has 2 rings (SSSR count). The van der Waals surface area contributed by atoms with Crippen LogP contribution in [0.4, 0.5) is 0 Å². The summed E-state index contributed by atoms with van der Waals surface area (Å²) in [4.78, 5) is 7.99. The number of hydrogen-bond acceptors (Lipinski definition) is 2. The molecule has 2 N–H and O–H groups in total. The van der Waals surface area contributed by atoms with E-state index in [2.05, 4.69) is 47.3 Å². The number of rotatable bonds is 6. The summed E-state index contributed by atoms with van der Waals surface area (Å²) in [5, 5.41) is 3.39. The molecule has 3 heteroatoms. The number of benzene rings is 1. The highest BCUT2D eigenvalue weighted by molar-refractivity contribution is 5.75. The van der Waals surface area contributed by atoms with E-state index in [0.29, 0.717) is 0 Å². The molecule has 1 heterocycles. The molecule has 0 unspecified atom stereocenters. The number of aryl methyl sites for hydroxylation is 1. The molecular formula is C14H21N3. The summed E-state index contributed by atoms with van der Waals surface area (Å²) in [5.41, 5.74) is 3.60. The van der Waals surface area contributed by atoms with Gasteiger partial charge >= 0.3 is 0 Å². The molecule has 0 atom stereocenters. The van der Waals surface area contributed by atoms with Crippen LogP contribution in [-0.4, -0.2) is 23.1 Å². The zero-order valence-electron chi connectivity index (χ0n) is 10.7. The lowest BCUT2D eigenvalue weighted by Crippen LogP contribution is -2.18. The number of hydrogen-bond donors (Lipinski definition) is 2. The third kappa shape index (κ3) is 3.07. The molecule has 0 aliphatic carbocycles. The van der Waals surface area contributed by atoms with Crippen molar-refractivity contribution < 1.29 is 0 Å². The summed E-state index contributed by atoms with van der Waals surface area (Å²) >= 11 is 0. The Kier molecular flexibility index (Phi) is 4.15. The largest absolute Gasteiger partial charge is 0.342 e. The first-order valence-corrected chi connectivity index (χ1v) is 6.51. The Hall–Kier alpha value is -1.35. The summed E-state index contributed by atoms with van der Waals surface area (Å²) in [6, 6.07) is 6.46. The fourth-order valence-electron chi connectivity index (χ4n) is 1.96. The van der Waals surface area contributed by atoms with E-state index in [4.69, 9.17) is 0 Å². The lowest BCUT2D eigenvalue weighted by molar-refractivity contribution is 0.661. The topological polar surface area (TPSA) is 40.7 Å². The molecule has 0 bridgehead atoms. The van der Waals surface area contributed by atoms with Gasteiger partial charge in [-0.25, -0.2) is 4.98 Å². The Balaban J connectivity index is 2.04. The van der Waals surface area contributed by atoms with Gasteiger partial charge in [0.2, 0.25) is 0 Å². The van der Waals surface area contributed by atoms with Crippen molar-refractivity contribution >= 4 is 11.0 Å². The van der Waals surface area contributed by atoms with Gasteiger partial charge in [-0.2, -0.15) is 0 Å². The van der Waals surface area contributed by atoms with Crippen molar-refractivity contribution in [2.75, 3.05) is 13.1 Å². The molecule has 17 heavy (non-hydrogen) atoms. The zero-order valence-corrected chi connectivity index (χ0v) is 10.7. The van der Waals surface area contributed by atoms with Crippen LogP contribution >= 0.6 is 0 Å². The van der Waals surface area contributed by atoms with Gasteiger partial charge in [-0.15, -0.1) is 0 Å². The van der Waals surface area contributed by atoms with Crippen LogP contribution in [-0.2, 0) is 12.8 Å². The van der Waals surface area contributed by atoms with E-state index in [9.17, 15) is 0 Å². The molecule has 0 radical (unpaired) electrons. The quantitative estimate of drug-likeness (QED) is 0.750. The average molecular weight is 231 g/mol. The first kappa shape index (κ1) is 12.1. The Morgan fingerprint density at radius 2 is 2.12 bits per heavy atom. The van der Waals surface area contributed by atoms with Crippen LogP contribution in [0.2, 0.25) is 0 Å². The van der Waals surface area contributed by atoms with Gasteiger partial charge in [-0.05, 0) is 37.1 Å². The average Bonchev–Trinajstić information content (AvgIpc) is 2.76. The van der Waals surface area contributed by atoms with Crippen molar-refractivity contribution in [3.63, 3.8) is 0 Å². The van der Waals surface area contributed by atoms with Crippen LogP contribution in [0.3, 0.4) is 0 Å². The number of nitrogens with one attached hydrogen (secondary N) is 2. The molecule has 92 valence electrons. The minimum absolute atomic E-state index is 0.968. The Bertz CT molecular complexity index is 473. The number of H-pyrrole nitrogens is 1. The second kappa shape index (κ2) is 5.82. The van der Waals surface area contributed by atoms with E-state index in [0.717, 1.165) is 42.8 Å². The van der Waals surface area contributed by atoms with Crippen LogP contribution < -0.4 is 5.32 Å². The molecule has 0 aliphatic rings. The van der Waals surface area contributed by atoms with Gasteiger partial charge in [0.15, 0.2) is 0 Å². The van der Waals surface area contributed by atoms with E-state index >= 15 is 0 Å². The highest BCUT2D eigenvalue weighted by Gasteiger charge is 2.02. The number of imidazole rings is 1. The fourth-order valence-corrected chi connectivity index (χ4v) is 1.96. The van der Waals surface area contributed by atoms with Crippen LogP contribution in [0.1, 0.15) is 31.7 Å². The van der Waals surface area contributed by atoms with Gasteiger partial charge in [0.1, 0.15) is 5.82 Å². The molecule has 0 spiro atoms. The number of nitrogens with zero attached hydrogens (tertiary/aromatic N) is 1. The zero-order chi connectivity index (χ0) is 12.1. The van der Waals surface area contributed by atoms with E-state index in [1.807, 2.05) is 0 Å². The maximum atomic E-state index is 4.59. The van der Waals surface area contributed by atoms with Crippen LogP contribution in [0, 0.1) is 0 Å². The minimum atomic E-state index is 0.968. The molecule has 0 saturated carbocycles. The molecular weight excluding hydrogens is 210 g/mol. The summed E-state index contributed by atoms with van der Waals surface area (Å²) in [6.07, 6.45) is 3.22. The standard InChI is InChI=1S/C14H21N3/c1-3-8-15-9-7-14-16-12-6-5-11(4-2)10-13(12)17-14/h5-6,10,15H,3-4,7-9H2,1-2H3,(H,16,17). The predicted octanol–water partition coefficient (Wildman–Crippen LogP) is 2.67. The monoisotopic (exact) mass is 231 g/mol. The molecule has 0 saturated heterocycles. The highest BCUT2D eigenvalue weighted by atomic mass is 14.9. The van der Waals surface area contributed by atoms with Crippen molar-refractivity contribution in [1.29, 1.82) is 0 Å². The third-order valence-electron chi connectivity index (χ3n) is 2.97.